The summed E-state index contributed by atoms with van der Waals surface area (Å²) in [5, 5.41) is 7.56. The van der Waals surface area contributed by atoms with Crippen LogP contribution in [0.2, 0.25) is 0 Å². The maximum atomic E-state index is 5.45. The molecule has 4 heteroatoms. The van der Waals surface area contributed by atoms with Gasteiger partial charge in [-0.15, -0.1) is 0 Å². The summed E-state index contributed by atoms with van der Waals surface area (Å²) in [5.74, 6) is 2.75. The molecule has 0 aliphatic heterocycles. The van der Waals surface area contributed by atoms with Crippen LogP contribution in [0.5, 0.6) is 0 Å². The Morgan fingerprint density at radius 2 is 2.20 bits per heavy atom. The first kappa shape index (κ1) is 12.1. The van der Waals surface area contributed by atoms with Gasteiger partial charge in [-0.25, -0.2) is 0 Å². The highest BCUT2D eigenvalue weighted by molar-refractivity contribution is 5.43. The van der Waals surface area contributed by atoms with Gasteiger partial charge in [0.1, 0.15) is 0 Å². The van der Waals surface area contributed by atoms with E-state index in [-0.39, 0.29) is 0 Å². The van der Waals surface area contributed by atoms with Crippen molar-refractivity contribution in [3.63, 3.8) is 0 Å². The van der Waals surface area contributed by atoms with Crippen LogP contribution in [0.1, 0.15) is 41.6 Å². The van der Waals surface area contributed by atoms with E-state index in [1.165, 1.54) is 24.0 Å². The number of benzene rings is 1. The first-order chi connectivity index (χ1) is 9.85. The molecule has 0 radical (unpaired) electrons. The monoisotopic (exact) mass is 269 g/mol. The zero-order valence-corrected chi connectivity index (χ0v) is 11.7. The van der Waals surface area contributed by atoms with E-state index in [4.69, 9.17) is 4.52 Å². The van der Waals surface area contributed by atoms with Crippen molar-refractivity contribution >= 4 is 0 Å². The van der Waals surface area contributed by atoms with E-state index in [9.17, 15) is 0 Å². The number of likely N-dealkylation sites (N-methyl/N-ethyl adjacent to an activating group) is 1. The van der Waals surface area contributed by atoms with Crippen molar-refractivity contribution < 1.29 is 4.52 Å². The largest absolute Gasteiger partial charge is 0.339 e. The van der Waals surface area contributed by atoms with Crippen LogP contribution in [0.4, 0.5) is 0 Å². The summed E-state index contributed by atoms with van der Waals surface area (Å²) in [4.78, 5) is 4.61. The van der Waals surface area contributed by atoms with Gasteiger partial charge >= 0.3 is 0 Å². The molecule has 2 atom stereocenters. The Hall–Kier alpha value is -1.68. The van der Waals surface area contributed by atoms with Gasteiger partial charge in [0.15, 0.2) is 5.82 Å². The molecule has 2 aromatic rings. The van der Waals surface area contributed by atoms with Crippen LogP contribution in [0, 0.1) is 5.92 Å². The van der Waals surface area contributed by atoms with Gasteiger partial charge in [0.2, 0.25) is 5.89 Å². The van der Waals surface area contributed by atoms with Crippen molar-refractivity contribution in [2.24, 2.45) is 5.92 Å². The minimum Gasteiger partial charge on any atom is -0.339 e. The summed E-state index contributed by atoms with van der Waals surface area (Å²) < 4.78 is 5.45. The Labute approximate surface area is 118 Å². The van der Waals surface area contributed by atoms with E-state index in [1.54, 1.807) is 0 Å². The average molecular weight is 269 g/mol. The lowest BCUT2D eigenvalue weighted by Gasteiger charge is -2.27. The third-order valence-corrected chi connectivity index (χ3v) is 4.61. The zero-order chi connectivity index (χ0) is 13.5. The van der Waals surface area contributed by atoms with Gasteiger partial charge in [-0.2, -0.15) is 4.98 Å². The molecule has 0 spiro atoms. The molecule has 4 nitrogen and oxygen atoms in total. The topological polar surface area (TPSA) is 51.0 Å². The fourth-order valence-electron chi connectivity index (χ4n) is 3.17. The van der Waals surface area contributed by atoms with E-state index < -0.39 is 0 Å². The van der Waals surface area contributed by atoms with Crippen molar-refractivity contribution in [2.45, 2.75) is 37.6 Å². The van der Waals surface area contributed by atoms with Gasteiger partial charge in [0.25, 0.3) is 0 Å². The average Bonchev–Trinajstić information content (AvgIpc) is 3.19. The molecule has 0 amide bonds. The predicted octanol–water partition coefficient (Wildman–Crippen LogP) is 2.30. The molecule has 1 aromatic carbocycles. The Kier molecular flexibility index (Phi) is 2.84. The molecule has 4 rings (SSSR count). The third-order valence-electron chi connectivity index (χ3n) is 4.61. The second-order valence-corrected chi connectivity index (χ2v) is 5.94. The van der Waals surface area contributed by atoms with E-state index in [0.717, 1.165) is 30.5 Å². The van der Waals surface area contributed by atoms with Gasteiger partial charge in [-0.05, 0) is 43.4 Å². The van der Waals surface area contributed by atoms with Gasteiger partial charge in [0, 0.05) is 12.5 Å². The molecule has 1 N–H and O–H groups in total. The molecule has 1 fully saturated rings. The first-order valence-electron chi connectivity index (χ1n) is 7.42. The van der Waals surface area contributed by atoms with E-state index in [2.05, 4.69) is 39.7 Å². The highest BCUT2D eigenvalue weighted by Crippen LogP contribution is 2.39. The Morgan fingerprint density at radius 1 is 1.35 bits per heavy atom. The van der Waals surface area contributed by atoms with Crippen LogP contribution in [-0.2, 0) is 12.8 Å². The number of nitrogens with zero attached hydrogens (tertiary/aromatic N) is 2. The maximum Gasteiger partial charge on any atom is 0.228 e. The smallest absolute Gasteiger partial charge is 0.228 e. The molecular formula is C16H19N3O. The molecular weight excluding hydrogens is 250 g/mol. The molecule has 1 saturated carbocycles. The van der Waals surface area contributed by atoms with Gasteiger partial charge in [-0.3, -0.25) is 0 Å². The number of hydrogen-bond acceptors (Lipinski definition) is 4. The minimum absolute atomic E-state index is 0.331. The molecule has 1 aromatic heterocycles. The first-order valence-corrected chi connectivity index (χ1v) is 7.42. The lowest BCUT2D eigenvalue weighted by Crippen LogP contribution is -2.29. The van der Waals surface area contributed by atoms with Crippen LogP contribution in [0.15, 0.2) is 28.8 Å². The summed E-state index contributed by atoms with van der Waals surface area (Å²) >= 11 is 0. The lowest BCUT2D eigenvalue weighted by molar-refractivity contribution is 0.347. The van der Waals surface area contributed by atoms with Crippen LogP contribution in [0.3, 0.4) is 0 Å². The predicted molar refractivity (Wildman–Crippen MR) is 75.6 cm³/mol. The van der Waals surface area contributed by atoms with Crippen molar-refractivity contribution in [3.8, 4) is 0 Å². The fraction of sp³-hybridized carbons (Fsp3) is 0.500. The van der Waals surface area contributed by atoms with Gasteiger partial charge in [-0.1, -0.05) is 29.4 Å². The van der Waals surface area contributed by atoms with Crippen molar-refractivity contribution in [1.29, 1.82) is 0 Å². The molecule has 1 heterocycles. The van der Waals surface area contributed by atoms with Gasteiger partial charge < -0.3 is 9.84 Å². The molecule has 2 aliphatic carbocycles. The molecule has 20 heavy (non-hydrogen) atoms. The molecule has 0 bridgehead atoms. The Balaban J connectivity index is 1.49. The van der Waals surface area contributed by atoms with Gasteiger partial charge in [0.05, 0.1) is 5.92 Å². The van der Waals surface area contributed by atoms with Crippen LogP contribution < -0.4 is 5.32 Å². The zero-order valence-electron chi connectivity index (χ0n) is 11.7. The number of hydrogen-bond donors (Lipinski definition) is 1. The van der Waals surface area contributed by atoms with Crippen LogP contribution in [0.25, 0.3) is 0 Å². The lowest BCUT2D eigenvalue weighted by atomic mass is 9.77. The molecule has 0 saturated heterocycles. The number of fused-ring (bicyclic) bond motifs is 1. The van der Waals surface area contributed by atoms with E-state index in [0.29, 0.717) is 12.0 Å². The van der Waals surface area contributed by atoms with Crippen molar-refractivity contribution in [1.82, 2.24) is 15.5 Å². The number of nitrogens with one attached hydrogen (secondary N) is 1. The van der Waals surface area contributed by atoms with E-state index in [1.807, 2.05) is 7.05 Å². The minimum atomic E-state index is 0.331. The van der Waals surface area contributed by atoms with Crippen molar-refractivity contribution in [3.05, 3.63) is 47.1 Å². The highest BCUT2D eigenvalue weighted by Gasteiger charge is 2.33. The standard InChI is InChI=1S/C16H19N3O/c1-17-14(10-6-7-10)9-15-18-16(19-20-15)13-8-11-4-2-3-5-12(11)13/h2-5,10,13-14,17H,6-9H2,1H3. The molecule has 2 unspecified atom stereocenters. The van der Waals surface area contributed by atoms with Crippen LogP contribution >= 0.6 is 0 Å². The van der Waals surface area contributed by atoms with Crippen molar-refractivity contribution in [2.75, 3.05) is 7.05 Å². The molecule has 104 valence electrons. The summed E-state index contributed by atoms with van der Waals surface area (Å²) in [6, 6.07) is 8.99. The number of rotatable bonds is 5. The second kappa shape index (κ2) is 4.70. The van der Waals surface area contributed by atoms with E-state index >= 15 is 0 Å². The quantitative estimate of drug-likeness (QED) is 0.905. The summed E-state index contributed by atoms with van der Waals surface area (Å²) in [6.07, 6.45) is 4.53. The van der Waals surface area contributed by atoms with Crippen LogP contribution in [-0.4, -0.2) is 23.2 Å². The number of aromatic nitrogens is 2. The Morgan fingerprint density at radius 3 is 2.95 bits per heavy atom. The fourth-order valence-corrected chi connectivity index (χ4v) is 3.17. The SMILES string of the molecule is CNC(Cc1nc(C2Cc3ccccc32)no1)C1CC1. The second-order valence-electron chi connectivity index (χ2n) is 5.94. The third kappa shape index (κ3) is 2.04. The summed E-state index contributed by atoms with van der Waals surface area (Å²) in [7, 11) is 2.02. The molecule has 2 aliphatic rings. The highest BCUT2D eigenvalue weighted by atomic mass is 16.5. The summed E-state index contributed by atoms with van der Waals surface area (Å²) in [6.45, 7) is 0. The summed E-state index contributed by atoms with van der Waals surface area (Å²) in [5.41, 5.74) is 2.77. The maximum absolute atomic E-state index is 5.45. The Bertz CT molecular complexity index is 618. The normalized spacial score (nSPS) is 22.1.